The standard InChI is InChI=1S/C12H17Br2N/c1-2-11(13)7-8-15-9-10-5-3-4-6-12(10)14/h3-6,11,15H,2,7-9H2,1H3. The van der Waals surface area contributed by atoms with Crippen LogP contribution in [0.1, 0.15) is 25.3 Å². The van der Waals surface area contributed by atoms with Gasteiger partial charge in [0.2, 0.25) is 0 Å². The maximum absolute atomic E-state index is 3.63. The molecule has 1 N–H and O–H groups in total. The molecule has 0 radical (unpaired) electrons. The zero-order valence-electron chi connectivity index (χ0n) is 8.97. The van der Waals surface area contributed by atoms with Gasteiger partial charge < -0.3 is 5.32 Å². The van der Waals surface area contributed by atoms with Crippen LogP contribution in [0.15, 0.2) is 28.7 Å². The normalized spacial score (nSPS) is 12.7. The van der Waals surface area contributed by atoms with E-state index < -0.39 is 0 Å². The van der Waals surface area contributed by atoms with Crippen molar-refractivity contribution >= 4 is 31.9 Å². The van der Waals surface area contributed by atoms with Crippen molar-refractivity contribution in [3.05, 3.63) is 34.3 Å². The van der Waals surface area contributed by atoms with E-state index in [2.05, 4.69) is 62.3 Å². The van der Waals surface area contributed by atoms with Crippen molar-refractivity contribution in [1.29, 1.82) is 0 Å². The Balaban J connectivity index is 2.23. The monoisotopic (exact) mass is 333 g/mol. The fraction of sp³-hybridized carbons (Fsp3) is 0.500. The smallest absolute Gasteiger partial charge is 0.0220 e. The van der Waals surface area contributed by atoms with Crippen LogP contribution in [0.25, 0.3) is 0 Å². The van der Waals surface area contributed by atoms with Crippen molar-refractivity contribution in [2.24, 2.45) is 0 Å². The van der Waals surface area contributed by atoms with E-state index in [1.807, 2.05) is 6.07 Å². The summed E-state index contributed by atoms with van der Waals surface area (Å²) in [5, 5.41) is 3.45. The minimum atomic E-state index is 0.643. The van der Waals surface area contributed by atoms with E-state index in [-0.39, 0.29) is 0 Å². The van der Waals surface area contributed by atoms with Gasteiger partial charge in [0.05, 0.1) is 0 Å². The first-order chi connectivity index (χ1) is 7.24. The first-order valence-corrected chi connectivity index (χ1v) is 7.03. The van der Waals surface area contributed by atoms with Gasteiger partial charge >= 0.3 is 0 Å². The Morgan fingerprint density at radius 1 is 1.33 bits per heavy atom. The molecule has 1 atom stereocenters. The Morgan fingerprint density at radius 3 is 2.73 bits per heavy atom. The largest absolute Gasteiger partial charge is 0.313 e. The molecule has 0 aliphatic heterocycles. The SMILES string of the molecule is CCC(Br)CCNCc1ccccc1Br. The number of rotatable bonds is 6. The summed E-state index contributed by atoms with van der Waals surface area (Å²) >= 11 is 7.17. The van der Waals surface area contributed by atoms with Gasteiger partial charge in [0.15, 0.2) is 0 Å². The summed E-state index contributed by atoms with van der Waals surface area (Å²) in [7, 11) is 0. The molecule has 15 heavy (non-hydrogen) atoms. The van der Waals surface area contributed by atoms with E-state index in [4.69, 9.17) is 0 Å². The van der Waals surface area contributed by atoms with Gasteiger partial charge in [-0.25, -0.2) is 0 Å². The molecule has 1 rings (SSSR count). The van der Waals surface area contributed by atoms with Gasteiger partial charge in [0.25, 0.3) is 0 Å². The Labute approximate surface area is 109 Å². The lowest BCUT2D eigenvalue weighted by Crippen LogP contribution is -2.17. The third-order valence-electron chi connectivity index (χ3n) is 2.35. The molecule has 1 aromatic carbocycles. The van der Waals surface area contributed by atoms with E-state index in [1.54, 1.807) is 0 Å². The maximum atomic E-state index is 3.63. The van der Waals surface area contributed by atoms with E-state index in [0.29, 0.717) is 4.83 Å². The van der Waals surface area contributed by atoms with Gasteiger partial charge in [0.1, 0.15) is 0 Å². The van der Waals surface area contributed by atoms with Crippen molar-refractivity contribution in [3.8, 4) is 0 Å². The molecule has 0 saturated carbocycles. The number of hydrogen-bond acceptors (Lipinski definition) is 1. The number of benzene rings is 1. The molecule has 0 saturated heterocycles. The molecular formula is C12H17Br2N. The number of alkyl halides is 1. The fourth-order valence-corrected chi connectivity index (χ4v) is 1.98. The lowest BCUT2D eigenvalue weighted by atomic mass is 10.2. The predicted molar refractivity (Wildman–Crippen MR) is 73.5 cm³/mol. The van der Waals surface area contributed by atoms with Crippen molar-refractivity contribution in [2.75, 3.05) is 6.54 Å². The van der Waals surface area contributed by atoms with E-state index in [0.717, 1.165) is 13.1 Å². The quantitative estimate of drug-likeness (QED) is 0.610. The molecule has 3 heteroatoms. The topological polar surface area (TPSA) is 12.0 Å². The molecule has 0 aliphatic rings. The Morgan fingerprint density at radius 2 is 2.07 bits per heavy atom. The first kappa shape index (κ1) is 13.2. The fourth-order valence-electron chi connectivity index (χ4n) is 1.33. The highest BCUT2D eigenvalue weighted by molar-refractivity contribution is 9.10. The molecule has 0 bridgehead atoms. The van der Waals surface area contributed by atoms with Crippen LogP contribution in [-0.2, 0) is 6.54 Å². The second-order valence-electron chi connectivity index (χ2n) is 3.56. The highest BCUT2D eigenvalue weighted by Gasteiger charge is 2.00. The van der Waals surface area contributed by atoms with Gasteiger partial charge in [-0.3, -0.25) is 0 Å². The summed E-state index contributed by atoms with van der Waals surface area (Å²) in [6, 6.07) is 8.33. The second kappa shape index (κ2) is 7.42. The Hall–Kier alpha value is 0.140. The molecule has 0 aromatic heterocycles. The van der Waals surface area contributed by atoms with Crippen LogP contribution in [0.5, 0.6) is 0 Å². The molecular weight excluding hydrogens is 318 g/mol. The van der Waals surface area contributed by atoms with E-state index in [9.17, 15) is 0 Å². The summed E-state index contributed by atoms with van der Waals surface area (Å²) in [6.45, 7) is 4.20. The first-order valence-electron chi connectivity index (χ1n) is 5.32. The third-order valence-corrected chi connectivity index (χ3v) is 4.23. The summed E-state index contributed by atoms with van der Waals surface area (Å²) in [5.74, 6) is 0. The molecule has 1 nitrogen and oxygen atoms in total. The number of nitrogens with one attached hydrogen (secondary N) is 1. The molecule has 0 heterocycles. The average molecular weight is 335 g/mol. The molecule has 0 amide bonds. The molecule has 0 aliphatic carbocycles. The van der Waals surface area contributed by atoms with Crippen LogP contribution in [0.4, 0.5) is 0 Å². The second-order valence-corrected chi connectivity index (χ2v) is 5.71. The van der Waals surface area contributed by atoms with Crippen molar-refractivity contribution < 1.29 is 0 Å². The molecule has 84 valence electrons. The van der Waals surface area contributed by atoms with Crippen molar-refractivity contribution in [1.82, 2.24) is 5.32 Å². The van der Waals surface area contributed by atoms with Crippen molar-refractivity contribution in [2.45, 2.75) is 31.1 Å². The van der Waals surface area contributed by atoms with Gasteiger partial charge in [0, 0.05) is 15.8 Å². The van der Waals surface area contributed by atoms with Gasteiger partial charge in [-0.1, -0.05) is 57.0 Å². The van der Waals surface area contributed by atoms with Crippen LogP contribution in [-0.4, -0.2) is 11.4 Å². The maximum Gasteiger partial charge on any atom is 0.0220 e. The highest BCUT2D eigenvalue weighted by Crippen LogP contribution is 2.15. The average Bonchev–Trinajstić information content (AvgIpc) is 2.26. The molecule has 1 aromatic rings. The van der Waals surface area contributed by atoms with E-state index in [1.165, 1.54) is 22.9 Å². The third kappa shape index (κ3) is 5.14. The number of hydrogen-bond donors (Lipinski definition) is 1. The summed E-state index contributed by atoms with van der Waals surface area (Å²) in [4.78, 5) is 0.643. The lowest BCUT2D eigenvalue weighted by molar-refractivity contribution is 0.629. The minimum absolute atomic E-state index is 0.643. The predicted octanol–water partition coefficient (Wildman–Crippen LogP) is 4.10. The molecule has 0 fully saturated rings. The summed E-state index contributed by atoms with van der Waals surface area (Å²) in [6.07, 6.45) is 2.37. The summed E-state index contributed by atoms with van der Waals surface area (Å²) in [5.41, 5.74) is 1.32. The zero-order chi connectivity index (χ0) is 11.1. The Kier molecular flexibility index (Phi) is 6.53. The van der Waals surface area contributed by atoms with Crippen LogP contribution < -0.4 is 5.32 Å². The van der Waals surface area contributed by atoms with Crippen LogP contribution >= 0.6 is 31.9 Å². The number of halogens is 2. The summed E-state index contributed by atoms with van der Waals surface area (Å²) < 4.78 is 1.18. The lowest BCUT2D eigenvalue weighted by Gasteiger charge is -2.09. The van der Waals surface area contributed by atoms with Gasteiger partial charge in [-0.2, -0.15) is 0 Å². The highest BCUT2D eigenvalue weighted by atomic mass is 79.9. The van der Waals surface area contributed by atoms with Crippen LogP contribution in [0.3, 0.4) is 0 Å². The van der Waals surface area contributed by atoms with Gasteiger partial charge in [-0.05, 0) is 31.0 Å². The van der Waals surface area contributed by atoms with E-state index >= 15 is 0 Å². The van der Waals surface area contributed by atoms with Crippen molar-refractivity contribution in [3.63, 3.8) is 0 Å². The van der Waals surface area contributed by atoms with Gasteiger partial charge in [-0.15, -0.1) is 0 Å². The minimum Gasteiger partial charge on any atom is -0.313 e. The van der Waals surface area contributed by atoms with Crippen LogP contribution in [0, 0.1) is 0 Å². The molecule has 1 unspecified atom stereocenters. The Bertz CT molecular complexity index is 289. The molecule has 0 spiro atoms. The van der Waals surface area contributed by atoms with Crippen LogP contribution in [0.2, 0.25) is 0 Å². The zero-order valence-corrected chi connectivity index (χ0v) is 12.1.